The summed E-state index contributed by atoms with van der Waals surface area (Å²) in [7, 11) is 0. The van der Waals surface area contributed by atoms with E-state index in [1.54, 1.807) is 6.92 Å². The van der Waals surface area contributed by atoms with Crippen LogP contribution in [0.1, 0.15) is 19.0 Å². The highest BCUT2D eigenvalue weighted by Gasteiger charge is 2.33. The van der Waals surface area contributed by atoms with Crippen molar-refractivity contribution in [3.63, 3.8) is 0 Å². The molecule has 1 aliphatic rings. The maximum absolute atomic E-state index is 12.3. The average molecular weight is 261 g/mol. The van der Waals surface area contributed by atoms with Gasteiger partial charge in [-0.2, -0.15) is 13.2 Å². The molecular formula is C11H14F3N3O. The third-order valence-corrected chi connectivity index (χ3v) is 3.17. The lowest BCUT2D eigenvalue weighted by Crippen LogP contribution is -2.25. The second-order valence-electron chi connectivity index (χ2n) is 4.51. The number of nitrogens with zero attached hydrogens (tertiary/aromatic N) is 3. The molecule has 0 saturated carbocycles. The Morgan fingerprint density at radius 3 is 2.56 bits per heavy atom. The zero-order valence-electron chi connectivity index (χ0n) is 9.85. The van der Waals surface area contributed by atoms with Crippen molar-refractivity contribution >= 4 is 5.82 Å². The topological polar surface area (TPSA) is 49.2 Å². The molecule has 0 aromatic carbocycles. The van der Waals surface area contributed by atoms with E-state index >= 15 is 0 Å². The average Bonchev–Trinajstić information content (AvgIpc) is 2.77. The number of rotatable bonds is 2. The van der Waals surface area contributed by atoms with Gasteiger partial charge in [0.1, 0.15) is 0 Å². The number of aromatic nitrogens is 2. The summed E-state index contributed by atoms with van der Waals surface area (Å²) in [5.74, 6) is 0.556. The van der Waals surface area contributed by atoms with Gasteiger partial charge in [-0.1, -0.05) is 0 Å². The third kappa shape index (κ3) is 2.72. The van der Waals surface area contributed by atoms with Gasteiger partial charge < -0.3 is 10.0 Å². The Bertz CT molecular complexity index is 405. The highest BCUT2D eigenvalue weighted by Crippen LogP contribution is 2.29. The minimum Gasteiger partial charge on any atom is -0.393 e. The first-order valence-corrected chi connectivity index (χ1v) is 5.72. The molecular weight excluding hydrogens is 247 g/mol. The van der Waals surface area contributed by atoms with E-state index in [2.05, 4.69) is 10.2 Å². The quantitative estimate of drug-likeness (QED) is 0.880. The van der Waals surface area contributed by atoms with Gasteiger partial charge in [-0.05, 0) is 25.5 Å². The molecule has 2 heterocycles. The Balaban J connectivity index is 2.07. The van der Waals surface area contributed by atoms with E-state index in [4.69, 9.17) is 0 Å². The summed E-state index contributed by atoms with van der Waals surface area (Å²) in [6.45, 7) is 2.99. The number of alkyl halides is 3. The van der Waals surface area contributed by atoms with E-state index in [-0.39, 0.29) is 5.92 Å². The molecule has 2 atom stereocenters. The zero-order chi connectivity index (χ0) is 13.3. The van der Waals surface area contributed by atoms with Crippen molar-refractivity contribution < 1.29 is 18.3 Å². The summed E-state index contributed by atoms with van der Waals surface area (Å²) < 4.78 is 36.9. The van der Waals surface area contributed by atoms with Crippen LogP contribution in [0.15, 0.2) is 12.1 Å². The SMILES string of the molecule is CC(O)C1CCN(c2ccc(C(F)(F)F)nn2)C1. The van der Waals surface area contributed by atoms with Crippen molar-refractivity contribution in [3.05, 3.63) is 17.8 Å². The Kier molecular flexibility index (Phi) is 3.43. The maximum Gasteiger partial charge on any atom is 0.435 e. The molecule has 100 valence electrons. The molecule has 4 nitrogen and oxygen atoms in total. The van der Waals surface area contributed by atoms with Crippen LogP contribution in [0.5, 0.6) is 0 Å². The summed E-state index contributed by atoms with van der Waals surface area (Å²) in [6.07, 6.45) is -4.07. The van der Waals surface area contributed by atoms with Crippen LogP contribution in [0.2, 0.25) is 0 Å². The van der Waals surface area contributed by atoms with Crippen LogP contribution in [0.3, 0.4) is 0 Å². The van der Waals surface area contributed by atoms with Crippen molar-refractivity contribution in [1.82, 2.24) is 10.2 Å². The van der Waals surface area contributed by atoms with Crippen LogP contribution in [0, 0.1) is 5.92 Å². The molecule has 2 rings (SSSR count). The molecule has 0 radical (unpaired) electrons. The molecule has 0 spiro atoms. The summed E-state index contributed by atoms with van der Waals surface area (Å²) in [6, 6.07) is 2.25. The molecule has 2 unspecified atom stereocenters. The second-order valence-corrected chi connectivity index (χ2v) is 4.51. The molecule has 1 saturated heterocycles. The van der Waals surface area contributed by atoms with Gasteiger partial charge in [-0.25, -0.2) is 0 Å². The van der Waals surface area contributed by atoms with Crippen LogP contribution in [0.4, 0.5) is 19.0 Å². The second kappa shape index (κ2) is 4.72. The summed E-state index contributed by atoms with van der Waals surface area (Å²) in [5, 5.41) is 16.2. The smallest absolute Gasteiger partial charge is 0.393 e. The lowest BCUT2D eigenvalue weighted by molar-refractivity contribution is -0.141. The highest BCUT2D eigenvalue weighted by molar-refractivity contribution is 5.39. The monoisotopic (exact) mass is 261 g/mol. The van der Waals surface area contributed by atoms with Gasteiger partial charge in [-0.3, -0.25) is 0 Å². The first-order chi connectivity index (χ1) is 8.38. The van der Waals surface area contributed by atoms with E-state index in [1.807, 2.05) is 4.90 Å². The highest BCUT2D eigenvalue weighted by atomic mass is 19.4. The number of hydrogen-bond donors (Lipinski definition) is 1. The van der Waals surface area contributed by atoms with Crippen molar-refractivity contribution in [2.75, 3.05) is 18.0 Å². The Morgan fingerprint density at radius 1 is 1.39 bits per heavy atom. The Morgan fingerprint density at radius 2 is 2.11 bits per heavy atom. The van der Waals surface area contributed by atoms with Gasteiger partial charge >= 0.3 is 6.18 Å². The lowest BCUT2D eigenvalue weighted by atomic mass is 10.0. The first-order valence-electron chi connectivity index (χ1n) is 5.72. The van der Waals surface area contributed by atoms with Crippen LogP contribution in [-0.4, -0.2) is 34.5 Å². The molecule has 1 aromatic heterocycles. The molecule has 0 amide bonds. The zero-order valence-corrected chi connectivity index (χ0v) is 9.85. The number of anilines is 1. The summed E-state index contributed by atoms with van der Waals surface area (Å²) in [5.41, 5.74) is -0.988. The summed E-state index contributed by atoms with van der Waals surface area (Å²) in [4.78, 5) is 1.84. The molecule has 18 heavy (non-hydrogen) atoms. The van der Waals surface area contributed by atoms with Crippen molar-refractivity contribution in [3.8, 4) is 0 Å². The van der Waals surface area contributed by atoms with E-state index in [9.17, 15) is 18.3 Å². The molecule has 1 aliphatic heterocycles. The minimum absolute atomic E-state index is 0.133. The molecule has 0 aliphatic carbocycles. The van der Waals surface area contributed by atoms with Crippen molar-refractivity contribution in [2.45, 2.75) is 25.6 Å². The number of hydrogen-bond acceptors (Lipinski definition) is 4. The molecule has 0 bridgehead atoms. The fourth-order valence-electron chi connectivity index (χ4n) is 2.03. The predicted molar refractivity (Wildman–Crippen MR) is 59.0 cm³/mol. The van der Waals surface area contributed by atoms with Gasteiger partial charge in [0.25, 0.3) is 0 Å². The minimum atomic E-state index is -4.46. The van der Waals surface area contributed by atoms with Gasteiger partial charge in [0.05, 0.1) is 6.10 Å². The maximum atomic E-state index is 12.3. The number of aliphatic hydroxyl groups excluding tert-OH is 1. The Labute approximate surface area is 102 Å². The first kappa shape index (κ1) is 13.1. The number of halogens is 3. The number of aliphatic hydroxyl groups is 1. The Hall–Kier alpha value is -1.37. The third-order valence-electron chi connectivity index (χ3n) is 3.17. The van der Waals surface area contributed by atoms with E-state index in [0.29, 0.717) is 18.9 Å². The van der Waals surface area contributed by atoms with Gasteiger partial charge in [0.15, 0.2) is 11.5 Å². The van der Waals surface area contributed by atoms with Crippen LogP contribution < -0.4 is 4.90 Å². The molecule has 1 aromatic rings. The van der Waals surface area contributed by atoms with Crippen LogP contribution >= 0.6 is 0 Å². The van der Waals surface area contributed by atoms with Gasteiger partial charge in [0.2, 0.25) is 0 Å². The molecule has 7 heteroatoms. The van der Waals surface area contributed by atoms with Crippen LogP contribution in [-0.2, 0) is 6.18 Å². The van der Waals surface area contributed by atoms with Crippen molar-refractivity contribution in [1.29, 1.82) is 0 Å². The standard InChI is InChI=1S/C11H14F3N3O/c1-7(18)8-4-5-17(6-8)10-3-2-9(15-16-10)11(12,13)14/h2-3,7-8,18H,4-6H2,1H3. The van der Waals surface area contributed by atoms with Crippen LogP contribution in [0.25, 0.3) is 0 Å². The van der Waals surface area contributed by atoms with E-state index in [0.717, 1.165) is 12.5 Å². The largest absolute Gasteiger partial charge is 0.435 e. The van der Waals surface area contributed by atoms with Gasteiger partial charge in [0, 0.05) is 19.0 Å². The van der Waals surface area contributed by atoms with E-state index in [1.165, 1.54) is 6.07 Å². The van der Waals surface area contributed by atoms with Gasteiger partial charge in [-0.15, -0.1) is 10.2 Å². The van der Waals surface area contributed by atoms with Crippen molar-refractivity contribution in [2.24, 2.45) is 5.92 Å². The predicted octanol–water partition coefficient (Wildman–Crippen LogP) is 1.70. The normalized spacial score (nSPS) is 22.3. The molecule has 1 fully saturated rings. The fourth-order valence-corrected chi connectivity index (χ4v) is 2.03. The summed E-state index contributed by atoms with van der Waals surface area (Å²) >= 11 is 0. The fraction of sp³-hybridized carbons (Fsp3) is 0.636. The van der Waals surface area contributed by atoms with E-state index < -0.39 is 18.0 Å². The lowest BCUT2D eigenvalue weighted by Gasteiger charge is -2.18. The molecule has 1 N–H and O–H groups in total.